The Labute approximate surface area is 92.2 Å². The highest BCUT2D eigenvalue weighted by Crippen LogP contribution is 2.31. The molecule has 2 nitrogen and oxygen atoms in total. The van der Waals surface area contributed by atoms with Crippen LogP contribution in [0.3, 0.4) is 0 Å². The summed E-state index contributed by atoms with van der Waals surface area (Å²) in [5.74, 6) is 0.201. The maximum Gasteiger partial charge on any atom is 0.416 e. The van der Waals surface area contributed by atoms with Gasteiger partial charge in [-0.25, -0.2) is 0 Å². The van der Waals surface area contributed by atoms with Crippen molar-refractivity contribution in [2.24, 2.45) is 5.73 Å². The van der Waals surface area contributed by atoms with E-state index in [2.05, 4.69) is 0 Å². The van der Waals surface area contributed by atoms with E-state index in [4.69, 9.17) is 10.5 Å². The van der Waals surface area contributed by atoms with Crippen LogP contribution in [0.15, 0.2) is 24.3 Å². The predicted molar refractivity (Wildman–Crippen MR) is 55.2 cm³/mol. The molecule has 0 aliphatic rings. The Bertz CT molecular complexity index is 334. The summed E-state index contributed by atoms with van der Waals surface area (Å²) in [7, 11) is 0. The van der Waals surface area contributed by atoms with Gasteiger partial charge in [-0.2, -0.15) is 13.2 Å². The van der Waals surface area contributed by atoms with Crippen LogP contribution in [-0.4, -0.2) is 12.6 Å². The van der Waals surface area contributed by atoms with Gasteiger partial charge in [-0.15, -0.1) is 0 Å². The third-order valence-corrected chi connectivity index (χ3v) is 2.18. The van der Waals surface area contributed by atoms with Crippen molar-refractivity contribution in [3.05, 3.63) is 29.8 Å². The van der Waals surface area contributed by atoms with Crippen molar-refractivity contribution in [1.82, 2.24) is 0 Å². The second-order valence-corrected chi connectivity index (χ2v) is 3.41. The van der Waals surface area contributed by atoms with Crippen molar-refractivity contribution in [2.45, 2.75) is 25.6 Å². The van der Waals surface area contributed by atoms with Crippen LogP contribution in [0.4, 0.5) is 13.2 Å². The number of hydrogen-bond donors (Lipinski definition) is 1. The summed E-state index contributed by atoms with van der Waals surface area (Å²) in [5.41, 5.74) is 4.70. The molecule has 0 radical (unpaired) electrons. The smallest absolute Gasteiger partial charge is 0.416 e. The summed E-state index contributed by atoms with van der Waals surface area (Å²) in [5, 5.41) is 0. The Morgan fingerprint density at radius 2 is 2.06 bits per heavy atom. The number of alkyl halides is 3. The second-order valence-electron chi connectivity index (χ2n) is 3.41. The van der Waals surface area contributed by atoms with Crippen molar-refractivity contribution >= 4 is 0 Å². The predicted octanol–water partition coefficient (Wildman–Crippen LogP) is 2.82. The molecule has 0 saturated heterocycles. The first kappa shape index (κ1) is 12.8. The molecule has 1 aromatic rings. The van der Waals surface area contributed by atoms with Crippen LogP contribution in [0.1, 0.15) is 18.9 Å². The second kappa shape index (κ2) is 5.21. The summed E-state index contributed by atoms with van der Waals surface area (Å²) >= 11 is 0. The molecule has 0 saturated carbocycles. The van der Waals surface area contributed by atoms with Gasteiger partial charge in [-0.3, -0.25) is 0 Å². The third kappa shape index (κ3) is 3.41. The summed E-state index contributed by atoms with van der Waals surface area (Å²) in [6.07, 6.45) is -3.93. The Hall–Kier alpha value is -1.23. The summed E-state index contributed by atoms with van der Waals surface area (Å²) in [4.78, 5) is 0. The highest BCUT2D eigenvalue weighted by atomic mass is 19.4. The van der Waals surface area contributed by atoms with Gasteiger partial charge >= 0.3 is 6.18 Å². The molecule has 0 aromatic heterocycles. The van der Waals surface area contributed by atoms with E-state index in [1.807, 2.05) is 6.92 Å². The lowest BCUT2D eigenvalue weighted by Gasteiger charge is -2.16. The summed E-state index contributed by atoms with van der Waals surface area (Å²) < 4.78 is 42.5. The first-order valence-electron chi connectivity index (χ1n) is 5.01. The Morgan fingerprint density at radius 3 is 2.56 bits per heavy atom. The zero-order valence-corrected chi connectivity index (χ0v) is 8.92. The van der Waals surface area contributed by atoms with E-state index in [0.29, 0.717) is 6.42 Å². The van der Waals surface area contributed by atoms with E-state index < -0.39 is 11.7 Å². The molecule has 2 N–H and O–H groups in total. The fourth-order valence-corrected chi connectivity index (χ4v) is 1.24. The van der Waals surface area contributed by atoms with Crippen LogP contribution < -0.4 is 10.5 Å². The first-order valence-corrected chi connectivity index (χ1v) is 5.01. The standard InChI is InChI=1S/C11H14F3NO/c1-2-9(7-15)16-10-5-3-4-8(6-10)11(12,13)14/h3-6,9H,2,7,15H2,1H3/t9-/m1/s1. The number of benzene rings is 1. The molecule has 0 aliphatic heterocycles. The van der Waals surface area contributed by atoms with E-state index in [9.17, 15) is 13.2 Å². The van der Waals surface area contributed by atoms with Crippen molar-refractivity contribution in [3.8, 4) is 5.75 Å². The van der Waals surface area contributed by atoms with Crippen molar-refractivity contribution < 1.29 is 17.9 Å². The minimum absolute atomic E-state index is 0.201. The normalized spacial score (nSPS) is 13.6. The SMILES string of the molecule is CC[C@H](CN)Oc1cccc(C(F)(F)F)c1. The average molecular weight is 233 g/mol. The Balaban J connectivity index is 2.82. The largest absolute Gasteiger partial charge is 0.489 e. The van der Waals surface area contributed by atoms with E-state index in [1.165, 1.54) is 12.1 Å². The Morgan fingerprint density at radius 1 is 1.38 bits per heavy atom. The van der Waals surface area contributed by atoms with E-state index in [0.717, 1.165) is 12.1 Å². The number of hydrogen-bond acceptors (Lipinski definition) is 2. The third-order valence-electron chi connectivity index (χ3n) is 2.18. The van der Waals surface area contributed by atoms with Gasteiger partial charge in [-0.05, 0) is 24.6 Å². The molecule has 0 spiro atoms. The molecule has 0 bridgehead atoms. The maximum absolute atomic E-state index is 12.4. The minimum atomic E-state index is -4.34. The van der Waals surface area contributed by atoms with Crippen molar-refractivity contribution in [1.29, 1.82) is 0 Å². The zero-order chi connectivity index (χ0) is 12.2. The topological polar surface area (TPSA) is 35.2 Å². The fourth-order valence-electron chi connectivity index (χ4n) is 1.24. The zero-order valence-electron chi connectivity index (χ0n) is 8.92. The molecule has 0 aliphatic carbocycles. The van der Waals surface area contributed by atoms with Crippen LogP contribution in [0.25, 0.3) is 0 Å². The van der Waals surface area contributed by atoms with Gasteiger partial charge in [0.05, 0.1) is 5.56 Å². The van der Waals surface area contributed by atoms with Crippen LogP contribution >= 0.6 is 0 Å². The van der Waals surface area contributed by atoms with Gasteiger partial charge < -0.3 is 10.5 Å². The molecule has 0 unspecified atom stereocenters. The van der Waals surface area contributed by atoms with Crippen LogP contribution in [0.2, 0.25) is 0 Å². The first-order chi connectivity index (χ1) is 7.47. The number of rotatable bonds is 4. The molecule has 1 atom stereocenters. The van der Waals surface area contributed by atoms with E-state index in [1.54, 1.807) is 0 Å². The lowest BCUT2D eigenvalue weighted by molar-refractivity contribution is -0.137. The van der Waals surface area contributed by atoms with Crippen LogP contribution in [0, 0.1) is 0 Å². The lowest BCUT2D eigenvalue weighted by Crippen LogP contribution is -2.25. The molecule has 0 amide bonds. The lowest BCUT2D eigenvalue weighted by atomic mass is 10.2. The van der Waals surface area contributed by atoms with Crippen molar-refractivity contribution in [3.63, 3.8) is 0 Å². The maximum atomic E-state index is 12.4. The van der Waals surface area contributed by atoms with Crippen LogP contribution in [0.5, 0.6) is 5.75 Å². The van der Waals surface area contributed by atoms with Gasteiger partial charge in [0.2, 0.25) is 0 Å². The van der Waals surface area contributed by atoms with Crippen LogP contribution in [-0.2, 0) is 6.18 Å². The Kier molecular flexibility index (Phi) is 4.18. The molecular weight excluding hydrogens is 219 g/mol. The van der Waals surface area contributed by atoms with Gasteiger partial charge in [0.15, 0.2) is 0 Å². The highest BCUT2D eigenvalue weighted by Gasteiger charge is 2.30. The molecule has 90 valence electrons. The van der Waals surface area contributed by atoms with Gasteiger partial charge in [0.25, 0.3) is 0 Å². The minimum Gasteiger partial charge on any atom is -0.489 e. The molecule has 0 fully saturated rings. The summed E-state index contributed by atoms with van der Waals surface area (Å²) in [6.45, 7) is 2.15. The number of halogens is 3. The molecule has 0 heterocycles. The summed E-state index contributed by atoms with van der Waals surface area (Å²) in [6, 6.07) is 4.81. The monoisotopic (exact) mass is 233 g/mol. The number of nitrogens with two attached hydrogens (primary N) is 1. The molecule has 1 rings (SSSR count). The molecule has 16 heavy (non-hydrogen) atoms. The van der Waals surface area contributed by atoms with Gasteiger partial charge in [0.1, 0.15) is 11.9 Å². The number of ether oxygens (including phenoxy) is 1. The molecule has 5 heteroatoms. The van der Waals surface area contributed by atoms with E-state index >= 15 is 0 Å². The highest BCUT2D eigenvalue weighted by molar-refractivity contribution is 5.30. The molecule has 1 aromatic carbocycles. The van der Waals surface area contributed by atoms with Crippen molar-refractivity contribution in [2.75, 3.05) is 6.54 Å². The van der Waals surface area contributed by atoms with Gasteiger partial charge in [-0.1, -0.05) is 13.0 Å². The quantitative estimate of drug-likeness (QED) is 0.867. The fraction of sp³-hybridized carbons (Fsp3) is 0.455. The van der Waals surface area contributed by atoms with Gasteiger partial charge in [0, 0.05) is 6.54 Å². The van der Waals surface area contributed by atoms with E-state index in [-0.39, 0.29) is 18.4 Å². The molecular formula is C11H14F3NO. The average Bonchev–Trinajstić information content (AvgIpc) is 2.25.